The lowest BCUT2D eigenvalue weighted by atomic mass is 10.1. The number of nitrogens with one attached hydrogen (secondary N) is 1. The molecule has 7 nitrogen and oxygen atoms in total. The fraction of sp³-hybridized carbons (Fsp3) is 0.591. The Bertz CT molecular complexity index is 991. The number of hydrogen-bond acceptors (Lipinski definition) is 6. The second kappa shape index (κ2) is 10.3. The van der Waals surface area contributed by atoms with Crippen molar-refractivity contribution in [3.05, 3.63) is 23.8 Å². The SMILES string of the molecule is O=C1CCN(C(=O)CCC2CCCO2)CCN(c2nc3cc(C(F)(F)F)ccc3s2)CCN1. The quantitative estimate of drug-likeness (QED) is 0.720. The molecule has 0 radical (unpaired) electrons. The lowest BCUT2D eigenvalue weighted by Crippen LogP contribution is -2.45. The van der Waals surface area contributed by atoms with Crippen molar-refractivity contribution < 1.29 is 27.5 Å². The standard InChI is InChI=1S/C22H27F3N4O3S/c23-22(24,25)15-3-5-18-17(14-15)27-21(33-18)29-10-8-26-19(30)7-9-28(11-12-29)20(31)6-4-16-2-1-13-32-16/h3,5,14,16H,1-2,4,6-13H2,(H,26,30). The molecule has 180 valence electrons. The summed E-state index contributed by atoms with van der Waals surface area (Å²) < 4.78 is 45.4. The number of rotatable bonds is 4. The Kier molecular flexibility index (Phi) is 7.38. The van der Waals surface area contributed by atoms with Gasteiger partial charge in [-0.15, -0.1) is 0 Å². The average Bonchev–Trinajstić information content (AvgIpc) is 3.44. The highest BCUT2D eigenvalue weighted by molar-refractivity contribution is 7.22. The second-order valence-electron chi connectivity index (χ2n) is 8.32. The summed E-state index contributed by atoms with van der Waals surface area (Å²) >= 11 is 1.30. The molecule has 11 heteroatoms. The maximum absolute atomic E-state index is 13.1. The molecular formula is C22H27F3N4O3S. The van der Waals surface area contributed by atoms with Gasteiger partial charge in [-0.2, -0.15) is 13.2 Å². The highest BCUT2D eigenvalue weighted by Crippen LogP contribution is 2.35. The number of alkyl halides is 3. The second-order valence-corrected chi connectivity index (χ2v) is 9.33. The molecule has 0 saturated carbocycles. The Hall–Kier alpha value is -2.40. The Morgan fingerprint density at radius 3 is 2.85 bits per heavy atom. The van der Waals surface area contributed by atoms with Gasteiger partial charge in [-0.3, -0.25) is 9.59 Å². The van der Waals surface area contributed by atoms with Gasteiger partial charge in [0.15, 0.2) is 5.13 Å². The zero-order chi connectivity index (χ0) is 23.4. The molecule has 1 aromatic carbocycles. The van der Waals surface area contributed by atoms with E-state index in [4.69, 9.17) is 4.74 Å². The molecule has 33 heavy (non-hydrogen) atoms. The molecule has 1 unspecified atom stereocenters. The molecule has 2 aliphatic rings. The molecule has 1 aromatic heterocycles. The van der Waals surface area contributed by atoms with Crippen molar-refractivity contribution in [1.82, 2.24) is 15.2 Å². The van der Waals surface area contributed by atoms with Crippen LogP contribution < -0.4 is 10.2 Å². The smallest absolute Gasteiger partial charge is 0.378 e. The van der Waals surface area contributed by atoms with Crippen LogP contribution in [0, 0.1) is 0 Å². The highest BCUT2D eigenvalue weighted by Gasteiger charge is 2.31. The number of nitrogens with zero attached hydrogens (tertiary/aromatic N) is 3. The zero-order valence-corrected chi connectivity index (χ0v) is 19.0. The first-order valence-corrected chi connectivity index (χ1v) is 12.0. The van der Waals surface area contributed by atoms with Crippen molar-refractivity contribution in [2.75, 3.05) is 44.2 Å². The summed E-state index contributed by atoms with van der Waals surface area (Å²) in [5, 5.41) is 3.42. The summed E-state index contributed by atoms with van der Waals surface area (Å²) in [7, 11) is 0. The van der Waals surface area contributed by atoms with E-state index >= 15 is 0 Å². The van der Waals surface area contributed by atoms with E-state index in [1.807, 2.05) is 4.90 Å². The minimum Gasteiger partial charge on any atom is -0.378 e. The molecule has 2 amide bonds. The van der Waals surface area contributed by atoms with Crippen LogP contribution in [0.15, 0.2) is 18.2 Å². The molecule has 1 atom stereocenters. The van der Waals surface area contributed by atoms with Crippen LogP contribution in [0.1, 0.15) is 37.7 Å². The first-order chi connectivity index (χ1) is 15.8. The van der Waals surface area contributed by atoms with E-state index in [-0.39, 0.29) is 29.9 Å². The molecule has 2 fully saturated rings. The van der Waals surface area contributed by atoms with E-state index in [0.29, 0.717) is 55.4 Å². The van der Waals surface area contributed by atoms with E-state index in [9.17, 15) is 22.8 Å². The number of halogens is 3. The van der Waals surface area contributed by atoms with Crippen molar-refractivity contribution in [3.8, 4) is 0 Å². The van der Waals surface area contributed by atoms with Gasteiger partial charge in [0.2, 0.25) is 11.8 Å². The first-order valence-electron chi connectivity index (χ1n) is 11.2. The molecule has 2 aliphatic heterocycles. The molecule has 2 aromatic rings. The Morgan fingerprint density at radius 2 is 2.09 bits per heavy atom. The van der Waals surface area contributed by atoms with Gasteiger partial charge in [0.1, 0.15) is 0 Å². The van der Waals surface area contributed by atoms with Crippen molar-refractivity contribution >= 4 is 38.5 Å². The summed E-state index contributed by atoms with van der Waals surface area (Å²) in [5.74, 6) is -0.147. The summed E-state index contributed by atoms with van der Waals surface area (Å²) in [6.45, 7) is 2.82. The third-order valence-electron chi connectivity index (χ3n) is 5.98. The van der Waals surface area contributed by atoms with Crippen molar-refractivity contribution in [2.24, 2.45) is 0 Å². The predicted octanol–water partition coefficient (Wildman–Crippen LogP) is 3.43. The zero-order valence-electron chi connectivity index (χ0n) is 18.2. The summed E-state index contributed by atoms with van der Waals surface area (Å²) in [5.41, 5.74) is -0.446. The molecule has 4 rings (SSSR count). The maximum Gasteiger partial charge on any atom is 0.416 e. The number of carbonyl (C=O) groups is 2. The van der Waals surface area contributed by atoms with Gasteiger partial charge in [0.05, 0.1) is 21.9 Å². The van der Waals surface area contributed by atoms with E-state index in [1.165, 1.54) is 17.4 Å². The van der Waals surface area contributed by atoms with E-state index in [2.05, 4.69) is 10.3 Å². The summed E-state index contributed by atoms with van der Waals surface area (Å²) in [6, 6.07) is 3.55. The largest absolute Gasteiger partial charge is 0.416 e. The molecule has 0 aliphatic carbocycles. The fourth-order valence-electron chi connectivity index (χ4n) is 4.10. The topological polar surface area (TPSA) is 74.8 Å². The van der Waals surface area contributed by atoms with Crippen LogP contribution in [0.2, 0.25) is 0 Å². The molecule has 0 spiro atoms. The van der Waals surface area contributed by atoms with Gasteiger partial charge in [-0.25, -0.2) is 4.98 Å². The molecular weight excluding hydrogens is 457 g/mol. The van der Waals surface area contributed by atoms with Gasteiger partial charge in [-0.05, 0) is 37.5 Å². The summed E-state index contributed by atoms with van der Waals surface area (Å²) in [6.07, 6.45) is -1.03. The lowest BCUT2D eigenvalue weighted by Gasteiger charge is -2.29. The predicted molar refractivity (Wildman–Crippen MR) is 119 cm³/mol. The maximum atomic E-state index is 13.1. The Balaban J connectivity index is 1.47. The highest BCUT2D eigenvalue weighted by atomic mass is 32.1. The fourth-order valence-corrected chi connectivity index (χ4v) is 5.10. The monoisotopic (exact) mass is 484 g/mol. The van der Waals surface area contributed by atoms with Gasteiger partial charge in [-0.1, -0.05) is 11.3 Å². The Morgan fingerprint density at radius 1 is 1.24 bits per heavy atom. The van der Waals surface area contributed by atoms with Crippen molar-refractivity contribution in [3.63, 3.8) is 0 Å². The van der Waals surface area contributed by atoms with Crippen LogP contribution in [0.4, 0.5) is 18.3 Å². The third kappa shape index (κ3) is 6.14. The van der Waals surface area contributed by atoms with Gasteiger partial charge in [0.25, 0.3) is 0 Å². The molecule has 1 N–H and O–H groups in total. The van der Waals surface area contributed by atoms with E-state index in [1.54, 1.807) is 4.90 Å². The summed E-state index contributed by atoms with van der Waals surface area (Å²) in [4.78, 5) is 33.0. The minimum atomic E-state index is -4.43. The van der Waals surface area contributed by atoms with Gasteiger partial charge >= 0.3 is 6.18 Å². The molecule has 0 bridgehead atoms. The number of aromatic nitrogens is 1. The number of amides is 2. The number of anilines is 1. The number of hydrogen-bond donors (Lipinski definition) is 1. The third-order valence-corrected chi connectivity index (χ3v) is 7.08. The number of benzene rings is 1. The van der Waals surface area contributed by atoms with Crippen LogP contribution in [0.3, 0.4) is 0 Å². The van der Waals surface area contributed by atoms with Crippen LogP contribution in [-0.2, 0) is 20.5 Å². The molecule has 2 saturated heterocycles. The number of fused-ring (bicyclic) bond motifs is 1. The van der Waals surface area contributed by atoms with Crippen LogP contribution >= 0.6 is 11.3 Å². The van der Waals surface area contributed by atoms with Crippen molar-refractivity contribution in [1.29, 1.82) is 0 Å². The Labute approximate surface area is 193 Å². The normalized spacial score (nSPS) is 20.8. The number of thiazole rings is 1. The van der Waals surface area contributed by atoms with Crippen LogP contribution in [0.25, 0.3) is 10.2 Å². The number of ether oxygens (including phenoxy) is 1. The van der Waals surface area contributed by atoms with Gasteiger partial charge < -0.3 is 19.9 Å². The molecule has 3 heterocycles. The minimum absolute atomic E-state index is 0.0158. The van der Waals surface area contributed by atoms with Crippen LogP contribution in [0.5, 0.6) is 0 Å². The lowest BCUT2D eigenvalue weighted by molar-refractivity contribution is -0.137. The first kappa shape index (κ1) is 23.7. The van der Waals surface area contributed by atoms with Crippen molar-refractivity contribution in [2.45, 2.75) is 44.4 Å². The van der Waals surface area contributed by atoms with Gasteiger partial charge in [0, 0.05) is 52.2 Å². The average molecular weight is 485 g/mol. The van der Waals surface area contributed by atoms with Crippen LogP contribution in [-0.4, -0.2) is 67.1 Å². The van der Waals surface area contributed by atoms with E-state index in [0.717, 1.165) is 31.6 Å². The van der Waals surface area contributed by atoms with E-state index < -0.39 is 11.7 Å². The number of carbonyl (C=O) groups excluding carboxylic acids is 2.